The molecule has 0 aromatic heterocycles. The summed E-state index contributed by atoms with van der Waals surface area (Å²) < 4.78 is 34.7. The molecule has 0 spiro atoms. The van der Waals surface area contributed by atoms with Gasteiger partial charge in [-0.2, -0.15) is 5.10 Å². The van der Waals surface area contributed by atoms with Crippen LogP contribution in [0.15, 0.2) is 23.3 Å². The van der Waals surface area contributed by atoms with Crippen molar-refractivity contribution in [3.8, 4) is 0 Å². The highest BCUT2D eigenvalue weighted by Gasteiger charge is 2.71. The maximum atomic E-state index is 14.3. The van der Waals surface area contributed by atoms with Gasteiger partial charge in [-0.1, -0.05) is 34.6 Å². The minimum atomic E-state index is -0.629. The first kappa shape index (κ1) is 30.5. The Morgan fingerprint density at radius 3 is 2.29 bits per heavy atom. The molecule has 1 saturated heterocycles. The molecule has 1 aliphatic heterocycles. The number of nitrogens with one attached hydrogen (secondary N) is 1. The average molecular weight is 585 g/mol. The number of benzene rings is 1. The van der Waals surface area contributed by atoms with Crippen molar-refractivity contribution in [2.45, 2.75) is 137 Å². The van der Waals surface area contributed by atoms with Crippen LogP contribution in [-0.4, -0.2) is 28.1 Å². The summed E-state index contributed by atoms with van der Waals surface area (Å²) in [7, 11) is 0. The monoisotopic (exact) mass is 584 g/mol. The quantitative estimate of drug-likeness (QED) is 0.348. The molecule has 6 heteroatoms. The minimum absolute atomic E-state index is 0.0715. The van der Waals surface area contributed by atoms with Crippen LogP contribution in [0, 0.1) is 57.0 Å². The van der Waals surface area contributed by atoms with Gasteiger partial charge in [-0.3, -0.25) is 5.43 Å². The maximum absolute atomic E-state index is 14.3. The highest BCUT2D eigenvalue weighted by Crippen LogP contribution is 2.76. The standard InChI is InChI=1S/C36H54F2N2O2/c1-31(2)15-9-16-36(8,42-31)23-12-18-35(7)30(23)26(41)21-28-33(5)17-14-29(32(3,4)27(33)13-19-34(28,35)6)40-39-25-11-10-22(37)20-24(25)38/h10-11,20,23,26-28,30,39,41H,9,12-19,21H2,1-8H3/b40-29+/t23-,26+,27-,28+,30-,33-,34+,35+,36+/m0/s1. The Morgan fingerprint density at radius 1 is 0.881 bits per heavy atom. The number of rotatable bonds is 3. The first-order valence-corrected chi connectivity index (χ1v) is 16.6. The topological polar surface area (TPSA) is 53.9 Å². The third-order valence-corrected chi connectivity index (χ3v) is 14.2. The van der Waals surface area contributed by atoms with Crippen LogP contribution < -0.4 is 5.43 Å². The van der Waals surface area contributed by atoms with Crippen LogP contribution in [0.5, 0.6) is 0 Å². The normalized spacial score (nSPS) is 46.9. The largest absolute Gasteiger partial charge is 0.393 e. The Labute approximate surface area is 252 Å². The number of halogens is 2. The second kappa shape index (κ2) is 9.73. The minimum Gasteiger partial charge on any atom is -0.393 e. The molecule has 1 heterocycles. The summed E-state index contributed by atoms with van der Waals surface area (Å²) in [6, 6.07) is 3.56. The Balaban J connectivity index is 1.28. The smallest absolute Gasteiger partial charge is 0.151 e. The summed E-state index contributed by atoms with van der Waals surface area (Å²) in [4.78, 5) is 0. The Hall–Kier alpha value is -1.53. The van der Waals surface area contributed by atoms with E-state index in [2.05, 4.69) is 60.8 Å². The van der Waals surface area contributed by atoms with E-state index >= 15 is 0 Å². The molecule has 0 radical (unpaired) electrons. The Bertz CT molecular complexity index is 1260. The van der Waals surface area contributed by atoms with Crippen molar-refractivity contribution >= 4 is 11.4 Å². The van der Waals surface area contributed by atoms with Crippen LogP contribution in [0.25, 0.3) is 0 Å². The van der Waals surface area contributed by atoms with Crippen LogP contribution in [0.4, 0.5) is 14.5 Å². The molecule has 234 valence electrons. The van der Waals surface area contributed by atoms with Crippen LogP contribution in [0.1, 0.15) is 120 Å². The summed E-state index contributed by atoms with van der Waals surface area (Å²) in [5, 5.41) is 16.9. The molecule has 0 unspecified atom stereocenters. The van der Waals surface area contributed by atoms with E-state index in [0.717, 1.165) is 69.6 Å². The molecule has 5 aliphatic rings. The fraction of sp³-hybridized carbons (Fsp3) is 0.806. The van der Waals surface area contributed by atoms with Gasteiger partial charge in [-0.05, 0) is 137 Å². The van der Waals surface area contributed by atoms with Gasteiger partial charge in [-0.15, -0.1) is 0 Å². The summed E-state index contributed by atoms with van der Waals surface area (Å²) in [6.07, 6.45) is 10.4. The highest BCUT2D eigenvalue weighted by atomic mass is 19.1. The summed E-state index contributed by atoms with van der Waals surface area (Å²) >= 11 is 0. The molecule has 2 N–H and O–H groups in total. The summed E-state index contributed by atoms with van der Waals surface area (Å²) in [5.41, 5.74) is 4.03. The molecular formula is C36H54F2N2O2. The van der Waals surface area contributed by atoms with Crippen LogP contribution in [0.3, 0.4) is 0 Å². The van der Waals surface area contributed by atoms with Crippen molar-refractivity contribution in [2.75, 3.05) is 5.43 Å². The van der Waals surface area contributed by atoms with Crippen molar-refractivity contribution in [3.05, 3.63) is 29.8 Å². The highest BCUT2D eigenvalue weighted by molar-refractivity contribution is 5.91. The fourth-order valence-corrected chi connectivity index (χ4v) is 12.0. The number of hydrogen-bond acceptors (Lipinski definition) is 4. The van der Waals surface area contributed by atoms with Gasteiger partial charge < -0.3 is 9.84 Å². The summed E-state index contributed by atoms with van der Waals surface area (Å²) in [5.74, 6) is 0.282. The van der Waals surface area contributed by atoms with Crippen LogP contribution >= 0.6 is 0 Å². The number of aliphatic hydroxyl groups is 1. The first-order valence-electron chi connectivity index (χ1n) is 16.6. The predicted molar refractivity (Wildman–Crippen MR) is 165 cm³/mol. The van der Waals surface area contributed by atoms with Crippen molar-refractivity contribution in [1.82, 2.24) is 0 Å². The first-order chi connectivity index (χ1) is 19.5. The average Bonchev–Trinajstić information content (AvgIpc) is 3.26. The molecular weight excluding hydrogens is 530 g/mol. The summed E-state index contributed by atoms with van der Waals surface area (Å²) in [6.45, 7) is 19.0. The lowest BCUT2D eigenvalue weighted by molar-refractivity contribution is -0.244. The van der Waals surface area contributed by atoms with E-state index in [1.807, 2.05) is 0 Å². The lowest BCUT2D eigenvalue weighted by atomic mass is 9.35. The van der Waals surface area contributed by atoms with Gasteiger partial charge in [-0.25, -0.2) is 8.78 Å². The molecule has 6 rings (SSSR count). The number of fused-ring (bicyclic) bond motifs is 5. The van der Waals surface area contributed by atoms with E-state index < -0.39 is 11.6 Å². The number of anilines is 1. The van der Waals surface area contributed by atoms with Gasteiger partial charge in [0.15, 0.2) is 5.82 Å². The third kappa shape index (κ3) is 4.35. The number of nitrogens with zero attached hydrogens (tertiary/aromatic N) is 1. The molecule has 0 bridgehead atoms. The SMILES string of the molecule is CC1(C)CCC[C@](C)([C@H]2CC[C@]3(C)[C@@H]2[C@H](O)C[C@@H]2[C@@]4(C)CC/C(=N\Nc5ccc(F)cc5F)C(C)(C)[C@@H]4CC[C@]23C)O1. The zero-order chi connectivity index (χ0) is 30.5. The number of ether oxygens (including phenoxy) is 1. The number of hydrazone groups is 1. The fourth-order valence-electron chi connectivity index (χ4n) is 12.0. The molecule has 4 saturated carbocycles. The van der Waals surface area contributed by atoms with Crippen molar-refractivity contribution < 1.29 is 18.6 Å². The lowest BCUT2D eigenvalue weighted by Crippen LogP contribution is -2.66. The second-order valence-corrected chi connectivity index (χ2v) is 17.0. The maximum Gasteiger partial charge on any atom is 0.151 e. The van der Waals surface area contributed by atoms with E-state index in [0.29, 0.717) is 17.8 Å². The van der Waals surface area contributed by atoms with E-state index in [-0.39, 0.29) is 50.6 Å². The van der Waals surface area contributed by atoms with Gasteiger partial charge >= 0.3 is 0 Å². The zero-order valence-corrected chi connectivity index (χ0v) is 27.2. The molecule has 4 aliphatic carbocycles. The molecule has 1 aromatic rings. The second-order valence-electron chi connectivity index (χ2n) is 17.0. The molecule has 5 fully saturated rings. The molecule has 42 heavy (non-hydrogen) atoms. The van der Waals surface area contributed by atoms with E-state index in [4.69, 9.17) is 9.84 Å². The van der Waals surface area contributed by atoms with Gasteiger partial charge in [0.25, 0.3) is 0 Å². The van der Waals surface area contributed by atoms with E-state index in [9.17, 15) is 13.9 Å². The Morgan fingerprint density at radius 2 is 1.60 bits per heavy atom. The third-order valence-electron chi connectivity index (χ3n) is 14.2. The number of aliphatic hydroxyl groups excluding tert-OH is 1. The molecule has 4 nitrogen and oxygen atoms in total. The van der Waals surface area contributed by atoms with Gasteiger partial charge in [0.2, 0.25) is 0 Å². The van der Waals surface area contributed by atoms with Crippen molar-refractivity contribution in [2.24, 2.45) is 50.4 Å². The van der Waals surface area contributed by atoms with Gasteiger partial charge in [0, 0.05) is 17.2 Å². The molecule has 0 amide bonds. The van der Waals surface area contributed by atoms with Gasteiger partial charge in [0.1, 0.15) is 5.82 Å². The zero-order valence-electron chi connectivity index (χ0n) is 27.2. The van der Waals surface area contributed by atoms with E-state index in [1.165, 1.54) is 18.6 Å². The van der Waals surface area contributed by atoms with Crippen LogP contribution in [-0.2, 0) is 4.74 Å². The van der Waals surface area contributed by atoms with E-state index in [1.54, 1.807) is 0 Å². The Kier molecular flexibility index (Phi) is 7.07. The lowest BCUT2D eigenvalue weighted by Gasteiger charge is -2.70. The molecule has 9 atom stereocenters. The van der Waals surface area contributed by atoms with Crippen molar-refractivity contribution in [3.63, 3.8) is 0 Å². The van der Waals surface area contributed by atoms with Gasteiger partial charge in [0.05, 0.1) is 23.0 Å². The predicted octanol–water partition coefficient (Wildman–Crippen LogP) is 9.13. The molecule has 1 aromatic carbocycles. The number of hydrogen-bond donors (Lipinski definition) is 2. The van der Waals surface area contributed by atoms with Crippen molar-refractivity contribution in [1.29, 1.82) is 0 Å². The van der Waals surface area contributed by atoms with Crippen LogP contribution in [0.2, 0.25) is 0 Å².